The highest BCUT2D eigenvalue weighted by Gasteiger charge is 2.09. The molecule has 4 aromatic rings. The van der Waals surface area contributed by atoms with Crippen LogP contribution in [0.3, 0.4) is 0 Å². The maximum atomic E-state index is 13.0. The Morgan fingerprint density at radius 1 is 0.963 bits per heavy atom. The normalized spacial score (nSPS) is 10.9. The second-order valence-electron chi connectivity index (χ2n) is 6.17. The Hall–Kier alpha value is -3.54. The highest BCUT2D eigenvalue weighted by Crippen LogP contribution is 2.19. The van der Waals surface area contributed by atoms with Gasteiger partial charge in [0.15, 0.2) is 0 Å². The smallest absolute Gasteiger partial charge is 0.255 e. The van der Waals surface area contributed by atoms with E-state index < -0.39 is 0 Å². The van der Waals surface area contributed by atoms with E-state index in [9.17, 15) is 9.18 Å². The van der Waals surface area contributed by atoms with Gasteiger partial charge < -0.3 is 5.32 Å². The van der Waals surface area contributed by atoms with Crippen LogP contribution in [-0.4, -0.2) is 20.9 Å². The van der Waals surface area contributed by atoms with E-state index in [0.717, 1.165) is 17.6 Å². The molecule has 0 aliphatic heterocycles. The van der Waals surface area contributed by atoms with Crippen molar-refractivity contribution in [2.24, 2.45) is 0 Å². The minimum absolute atomic E-state index is 0.308. The van der Waals surface area contributed by atoms with Crippen LogP contribution in [0.15, 0.2) is 66.7 Å². The molecule has 0 unspecified atom stereocenters. The fourth-order valence-corrected chi connectivity index (χ4v) is 2.78. The molecule has 6 heteroatoms. The number of hydrogen-bond acceptors (Lipinski definition) is 3. The Bertz CT molecular complexity index is 1100. The van der Waals surface area contributed by atoms with Crippen LogP contribution >= 0.6 is 0 Å². The molecule has 0 aliphatic carbocycles. The predicted octanol–water partition coefficient (Wildman–Crippen LogP) is 4.37. The number of rotatable bonds is 4. The summed E-state index contributed by atoms with van der Waals surface area (Å²) in [6, 6.07) is 18.8. The summed E-state index contributed by atoms with van der Waals surface area (Å²) in [4.78, 5) is 13.9. The SMILES string of the molecule is CCc1ccc(-n2nc3ccc(NC(=O)c4ccc(F)cc4)cc3n2)cc1. The molecule has 4 rings (SSSR count). The van der Waals surface area contributed by atoms with Crippen molar-refractivity contribution in [3.8, 4) is 5.69 Å². The van der Waals surface area contributed by atoms with Crippen molar-refractivity contribution in [3.05, 3.63) is 83.7 Å². The molecule has 27 heavy (non-hydrogen) atoms. The van der Waals surface area contributed by atoms with Crippen LogP contribution in [0, 0.1) is 5.82 Å². The molecule has 0 radical (unpaired) electrons. The van der Waals surface area contributed by atoms with Gasteiger partial charge in [-0.3, -0.25) is 4.79 Å². The Morgan fingerprint density at radius 2 is 1.67 bits per heavy atom. The lowest BCUT2D eigenvalue weighted by molar-refractivity contribution is 0.102. The number of anilines is 1. The second kappa shape index (κ2) is 6.99. The number of benzene rings is 3. The Morgan fingerprint density at radius 3 is 2.37 bits per heavy atom. The van der Waals surface area contributed by atoms with Gasteiger partial charge in [-0.25, -0.2) is 4.39 Å². The molecule has 0 saturated heterocycles. The van der Waals surface area contributed by atoms with Crippen molar-refractivity contribution >= 4 is 22.6 Å². The molecule has 1 N–H and O–H groups in total. The molecule has 1 aromatic heterocycles. The number of carbonyl (C=O) groups is 1. The number of amides is 1. The molecule has 1 heterocycles. The molecule has 5 nitrogen and oxygen atoms in total. The van der Waals surface area contributed by atoms with Gasteiger partial charge in [-0.1, -0.05) is 19.1 Å². The monoisotopic (exact) mass is 360 g/mol. The molecule has 0 fully saturated rings. The molecule has 0 spiro atoms. The third-order valence-electron chi connectivity index (χ3n) is 4.32. The Labute approximate surface area is 155 Å². The molecule has 1 amide bonds. The maximum Gasteiger partial charge on any atom is 0.255 e. The maximum absolute atomic E-state index is 13.0. The van der Waals surface area contributed by atoms with Crippen molar-refractivity contribution in [2.45, 2.75) is 13.3 Å². The summed E-state index contributed by atoms with van der Waals surface area (Å²) in [5.41, 5.74) is 4.52. The highest BCUT2D eigenvalue weighted by molar-refractivity contribution is 6.04. The number of nitrogens with zero attached hydrogens (tertiary/aromatic N) is 3. The summed E-state index contributed by atoms with van der Waals surface area (Å²) in [5.74, 6) is -0.687. The standard InChI is InChI=1S/C21H17FN4O/c1-2-14-3-10-18(11-4-14)26-24-19-12-9-17(13-20(19)25-26)23-21(27)15-5-7-16(22)8-6-15/h3-13H,2H2,1H3,(H,23,27). The molecule has 0 bridgehead atoms. The highest BCUT2D eigenvalue weighted by atomic mass is 19.1. The summed E-state index contributed by atoms with van der Waals surface area (Å²) in [5, 5.41) is 11.8. The minimum Gasteiger partial charge on any atom is -0.322 e. The quantitative estimate of drug-likeness (QED) is 0.588. The van der Waals surface area contributed by atoms with Gasteiger partial charge in [0.2, 0.25) is 0 Å². The van der Waals surface area contributed by atoms with Crippen LogP contribution in [0.5, 0.6) is 0 Å². The van der Waals surface area contributed by atoms with Crippen molar-refractivity contribution < 1.29 is 9.18 Å². The predicted molar refractivity (Wildman–Crippen MR) is 103 cm³/mol. The Balaban J connectivity index is 1.58. The molecule has 0 atom stereocenters. The lowest BCUT2D eigenvalue weighted by Gasteiger charge is -2.04. The fourth-order valence-electron chi connectivity index (χ4n) is 2.78. The first kappa shape index (κ1) is 16.9. The van der Waals surface area contributed by atoms with E-state index in [1.165, 1.54) is 29.8 Å². The molecule has 0 aliphatic rings. The topological polar surface area (TPSA) is 59.8 Å². The summed E-state index contributed by atoms with van der Waals surface area (Å²) in [7, 11) is 0. The molecule has 0 saturated carbocycles. The lowest BCUT2D eigenvalue weighted by atomic mass is 10.2. The molecule has 3 aromatic carbocycles. The van der Waals surface area contributed by atoms with E-state index in [1.54, 1.807) is 23.0 Å². The summed E-state index contributed by atoms with van der Waals surface area (Å²) < 4.78 is 13.0. The Kier molecular flexibility index (Phi) is 4.38. The number of aromatic nitrogens is 3. The van der Waals surface area contributed by atoms with Crippen LogP contribution in [0.4, 0.5) is 10.1 Å². The second-order valence-corrected chi connectivity index (χ2v) is 6.17. The first-order valence-electron chi connectivity index (χ1n) is 8.66. The van der Waals surface area contributed by atoms with Crippen LogP contribution in [0.2, 0.25) is 0 Å². The zero-order valence-electron chi connectivity index (χ0n) is 14.7. The van der Waals surface area contributed by atoms with Crippen LogP contribution < -0.4 is 5.32 Å². The number of halogens is 1. The van der Waals surface area contributed by atoms with Gasteiger partial charge in [0.1, 0.15) is 16.9 Å². The van der Waals surface area contributed by atoms with Crippen LogP contribution in [0.1, 0.15) is 22.8 Å². The summed E-state index contributed by atoms with van der Waals surface area (Å²) in [6.07, 6.45) is 0.978. The first-order chi connectivity index (χ1) is 13.1. The third kappa shape index (κ3) is 3.55. The zero-order valence-corrected chi connectivity index (χ0v) is 14.7. The number of aryl methyl sites for hydroxylation is 1. The van der Waals surface area contributed by atoms with Gasteiger partial charge in [0, 0.05) is 11.3 Å². The minimum atomic E-state index is -0.378. The molecule has 134 valence electrons. The van der Waals surface area contributed by atoms with Crippen LogP contribution in [0.25, 0.3) is 16.7 Å². The fraction of sp³-hybridized carbons (Fsp3) is 0.0952. The van der Waals surface area contributed by atoms with Gasteiger partial charge in [0.25, 0.3) is 5.91 Å². The van der Waals surface area contributed by atoms with Crippen molar-refractivity contribution in [1.82, 2.24) is 15.0 Å². The van der Waals surface area contributed by atoms with Gasteiger partial charge in [0.05, 0.1) is 5.69 Å². The zero-order chi connectivity index (χ0) is 18.8. The van der Waals surface area contributed by atoms with E-state index >= 15 is 0 Å². The average Bonchev–Trinajstić information content (AvgIpc) is 3.12. The average molecular weight is 360 g/mol. The van der Waals surface area contributed by atoms with E-state index in [1.807, 2.05) is 12.1 Å². The van der Waals surface area contributed by atoms with E-state index in [2.05, 4.69) is 34.6 Å². The summed E-state index contributed by atoms with van der Waals surface area (Å²) in [6.45, 7) is 2.11. The number of fused-ring (bicyclic) bond motifs is 1. The van der Waals surface area contributed by atoms with Gasteiger partial charge in [-0.2, -0.15) is 4.80 Å². The van der Waals surface area contributed by atoms with Crippen molar-refractivity contribution in [3.63, 3.8) is 0 Å². The van der Waals surface area contributed by atoms with Gasteiger partial charge in [-0.05, 0) is 66.6 Å². The number of hydrogen-bond donors (Lipinski definition) is 1. The first-order valence-corrected chi connectivity index (χ1v) is 8.66. The largest absolute Gasteiger partial charge is 0.322 e. The van der Waals surface area contributed by atoms with Gasteiger partial charge >= 0.3 is 0 Å². The van der Waals surface area contributed by atoms with Crippen molar-refractivity contribution in [1.29, 1.82) is 0 Å². The molecular weight excluding hydrogens is 343 g/mol. The van der Waals surface area contributed by atoms with Crippen molar-refractivity contribution in [2.75, 3.05) is 5.32 Å². The molecular formula is C21H17FN4O. The van der Waals surface area contributed by atoms with Crippen LogP contribution in [-0.2, 0) is 6.42 Å². The van der Waals surface area contributed by atoms with E-state index in [0.29, 0.717) is 16.8 Å². The number of nitrogens with one attached hydrogen (secondary N) is 1. The van der Waals surface area contributed by atoms with E-state index in [4.69, 9.17) is 0 Å². The van der Waals surface area contributed by atoms with Gasteiger partial charge in [-0.15, -0.1) is 10.2 Å². The number of carbonyl (C=O) groups excluding carboxylic acids is 1. The third-order valence-corrected chi connectivity index (χ3v) is 4.32. The van der Waals surface area contributed by atoms with E-state index in [-0.39, 0.29) is 11.7 Å². The summed E-state index contributed by atoms with van der Waals surface area (Å²) >= 11 is 0. The lowest BCUT2D eigenvalue weighted by Crippen LogP contribution is -2.11.